The summed E-state index contributed by atoms with van der Waals surface area (Å²) in [5, 5.41) is 21.1. The van der Waals surface area contributed by atoms with E-state index in [4.69, 9.17) is 9.47 Å². The van der Waals surface area contributed by atoms with Gasteiger partial charge in [-0.15, -0.1) is 0 Å². The molecule has 0 amide bonds. The molecular formula is C23H38O9. The van der Waals surface area contributed by atoms with Crippen LogP contribution in [-0.4, -0.2) is 79.8 Å². The summed E-state index contributed by atoms with van der Waals surface area (Å²) in [4.78, 5) is 35.3. The lowest BCUT2D eigenvalue weighted by Gasteiger charge is -2.37. The van der Waals surface area contributed by atoms with Crippen molar-refractivity contribution >= 4 is 17.7 Å². The fraction of sp³-hybridized carbons (Fsp3) is 0.870. The van der Waals surface area contributed by atoms with Crippen LogP contribution in [0.4, 0.5) is 0 Å². The van der Waals surface area contributed by atoms with Crippen LogP contribution in [0.2, 0.25) is 0 Å². The molecule has 9 nitrogen and oxygen atoms in total. The molecule has 184 valence electrons. The number of hydrogen-bond donors (Lipinski definition) is 2. The summed E-state index contributed by atoms with van der Waals surface area (Å²) in [6.07, 6.45) is 3.00. The number of ether oxygens (including phenoxy) is 4. The molecule has 0 bridgehead atoms. The molecule has 2 saturated carbocycles. The summed E-state index contributed by atoms with van der Waals surface area (Å²) < 4.78 is 20.7. The maximum atomic E-state index is 13.0. The Labute approximate surface area is 189 Å². The van der Waals surface area contributed by atoms with Crippen LogP contribution in [0.3, 0.4) is 0 Å². The second-order valence-electron chi connectivity index (χ2n) is 8.72. The van der Waals surface area contributed by atoms with Gasteiger partial charge in [-0.25, -0.2) is 0 Å². The van der Waals surface area contributed by atoms with Crippen molar-refractivity contribution in [2.24, 2.45) is 11.8 Å². The number of ketones is 1. The van der Waals surface area contributed by atoms with E-state index in [1.807, 2.05) is 0 Å². The Morgan fingerprint density at radius 3 is 1.47 bits per heavy atom. The van der Waals surface area contributed by atoms with E-state index in [1.54, 1.807) is 0 Å². The molecule has 0 spiro atoms. The molecule has 2 N–H and O–H groups in total. The standard InChI is InChI=1S/C23H38O9/c1-29-21(26)5-3-11-31-15-7-9-17(19(24)13-15)23(28)18-10-8-16(14-20(18)25)32-12-4-6-22(27)30-2/h15-20,24-25H,3-14H2,1-2H3. The zero-order chi connectivity index (χ0) is 23.5. The highest BCUT2D eigenvalue weighted by molar-refractivity contribution is 5.84. The van der Waals surface area contributed by atoms with Crippen molar-refractivity contribution in [1.82, 2.24) is 0 Å². The Morgan fingerprint density at radius 2 is 1.12 bits per heavy atom. The van der Waals surface area contributed by atoms with Gasteiger partial charge in [0.15, 0.2) is 0 Å². The fourth-order valence-corrected chi connectivity index (χ4v) is 4.60. The van der Waals surface area contributed by atoms with Gasteiger partial charge < -0.3 is 29.2 Å². The second kappa shape index (κ2) is 13.9. The molecule has 9 heteroatoms. The Morgan fingerprint density at radius 1 is 0.719 bits per heavy atom. The van der Waals surface area contributed by atoms with Crippen LogP contribution in [-0.2, 0) is 33.3 Å². The molecule has 0 aliphatic heterocycles. The molecule has 6 atom stereocenters. The van der Waals surface area contributed by atoms with Gasteiger partial charge in [0, 0.05) is 50.7 Å². The molecule has 0 aromatic carbocycles. The number of hydrogen-bond acceptors (Lipinski definition) is 9. The highest BCUT2D eigenvalue weighted by Crippen LogP contribution is 2.35. The Hall–Kier alpha value is -1.55. The number of esters is 2. The van der Waals surface area contributed by atoms with Gasteiger partial charge in [-0.3, -0.25) is 14.4 Å². The Balaban J connectivity index is 1.69. The number of methoxy groups -OCH3 is 2. The number of Topliss-reactive ketones (excluding diaryl/α,β-unsaturated/α-hetero) is 1. The second-order valence-corrected chi connectivity index (χ2v) is 8.72. The average molecular weight is 459 g/mol. The molecule has 0 aromatic heterocycles. The smallest absolute Gasteiger partial charge is 0.305 e. The van der Waals surface area contributed by atoms with Crippen LogP contribution < -0.4 is 0 Å². The molecule has 0 radical (unpaired) electrons. The molecule has 32 heavy (non-hydrogen) atoms. The highest BCUT2D eigenvalue weighted by Gasteiger charge is 2.41. The van der Waals surface area contributed by atoms with Crippen molar-refractivity contribution in [1.29, 1.82) is 0 Å². The van der Waals surface area contributed by atoms with Crippen LogP contribution in [0.25, 0.3) is 0 Å². The fourth-order valence-electron chi connectivity index (χ4n) is 4.60. The lowest BCUT2D eigenvalue weighted by atomic mass is 9.73. The molecule has 0 aromatic rings. The Kier molecular flexibility index (Phi) is 11.6. The van der Waals surface area contributed by atoms with E-state index in [9.17, 15) is 24.6 Å². The van der Waals surface area contributed by atoms with E-state index < -0.39 is 24.0 Å². The van der Waals surface area contributed by atoms with Gasteiger partial charge in [0.1, 0.15) is 5.78 Å². The first-order valence-electron chi connectivity index (χ1n) is 11.6. The van der Waals surface area contributed by atoms with E-state index >= 15 is 0 Å². The zero-order valence-electron chi connectivity index (χ0n) is 19.2. The summed E-state index contributed by atoms with van der Waals surface area (Å²) in [7, 11) is 2.70. The minimum atomic E-state index is -0.790. The first-order valence-corrected chi connectivity index (χ1v) is 11.6. The lowest BCUT2D eigenvalue weighted by Crippen LogP contribution is -2.45. The van der Waals surface area contributed by atoms with Crippen molar-refractivity contribution in [2.75, 3.05) is 27.4 Å². The molecule has 0 heterocycles. The number of rotatable bonds is 12. The van der Waals surface area contributed by atoms with Crippen LogP contribution in [0.5, 0.6) is 0 Å². The van der Waals surface area contributed by atoms with E-state index in [1.165, 1.54) is 14.2 Å². The largest absolute Gasteiger partial charge is 0.469 e. The Bertz CT molecular complexity index is 558. The minimum Gasteiger partial charge on any atom is -0.469 e. The third-order valence-electron chi connectivity index (χ3n) is 6.48. The number of carbonyl (C=O) groups is 3. The summed E-state index contributed by atoms with van der Waals surface area (Å²) in [6.45, 7) is 0.820. The van der Waals surface area contributed by atoms with Crippen LogP contribution >= 0.6 is 0 Å². The van der Waals surface area contributed by atoms with Crippen molar-refractivity contribution in [3.05, 3.63) is 0 Å². The van der Waals surface area contributed by atoms with Gasteiger partial charge in [-0.05, 0) is 38.5 Å². The number of aliphatic hydroxyl groups excluding tert-OH is 2. The maximum Gasteiger partial charge on any atom is 0.305 e. The van der Waals surface area contributed by atoms with E-state index in [2.05, 4.69) is 9.47 Å². The van der Waals surface area contributed by atoms with E-state index in [-0.39, 0.29) is 29.9 Å². The predicted molar refractivity (Wildman–Crippen MR) is 114 cm³/mol. The molecule has 2 fully saturated rings. The molecule has 2 aliphatic rings. The lowest BCUT2D eigenvalue weighted by molar-refractivity contribution is -0.145. The first-order chi connectivity index (χ1) is 15.3. The maximum absolute atomic E-state index is 13.0. The van der Waals surface area contributed by atoms with Crippen LogP contribution in [0.1, 0.15) is 64.2 Å². The monoisotopic (exact) mass is 458 g/mol. The van der Waals surface area contributed by atoms with Gasteiger partial charge in [-0.2, -0.15) is 0 Å². The van der Waals surface area contributed by atoms with Gasteiger partial charge >= 0.3 is 11.9 Å². The van der Waals surface area contributed by atoms with E-state index in [0.29, 0.717) is 77.4 Å². The summed E-state index contributed by atoms with van der Waals surface area (Å²) in [5.74, 6) is -1.59. The van der Waals surface area contributed by atoms with Crippen LogP contribution in [0, 0.1) is 11.8 Å². The SMILES string of the molecule is COC(=O)CCCOC1CCC(C(=O)C2CCC(OCCCC(=O)OC)CC2O)C(O)C1. The summed E-state index contributed by atoms with van der Waals surface area (Å²) >= 11 is 0. The highest BCUT2D eigenvalue weighted by atomic mass is 16.5. The predicted octanol–water partition coefficient (Wildman–Crippen LogP) is 1.55. The van der Waals surface area contributed by atoms with Crippen molar-refractivity contribution < 1.29 is 43.5 Å². The summed E-state index contributed by atoms with van der Waals surface area (Å²) in [6, 6.07) is 0. The minimum absolute atomic E-state index is 0.0710. The van der Waals surface area contributed by atoms with Crippen LogP contribution in [0.15, 0.2) is 0 Å². The molecule has 2 rings (SSSR count). The quantitative estimate of drug-likeness (QED) is 0.331. The van der Waals surface area contributed by atoms with Gasteiger partial charge in [0.25, 0.3) is 0 Å². The number of aliphatic hydroxyl groups is 2. The van der Waals surface area contributed by atoms with Gasteiger partial charge in [0.05, 0.1) is 38.6 Å². The van der Waals surface area contributed by atoms with Gasteiger partial charge in [0.2, 0.25) is 0 Å². The molecule has 2 aliphatic carbocycles. The molecule has 0 saturated heterocycles. The van der Waals surface area contributed by atoms with Crippen molar-refractivity contribution in [3.63, 3.8) is 0 Å². The third kappa shape index (κ3) is 8.42. The first kappa shape index (κ1) is 26.7. The topological polar surface area (TPSA) is 129 Å². The normalized spacial score (nSPS) is 30.5. The van der Waals surface area contributed by atoms with Crippen molar-refractivity contribution in [2.45, 2.75) is 88.6 Å². The summed E-state index contributed by atoms with van der Waals surface area (Å²) in [5.41, 5.74) is 0. The molecule has 6 unspecified atom stereocenters. The third-order valence-corrected chi connectivity index (χ3v) is 6.48. The number of carbonyl (C=O) groups excluding carboxylic acids is 3. The van der Waals surface area contributed by atoms with Crippen molar-refractivity contribution in [3.8, 4) is 0 Å². The average Bonchev–Trinajstić information content (AvgIpc) is 2.79. The molecular weight excluding hydrogens is 420 g/mol. The van der Waals surface area contributed by atoms with Gasteiger partial charge in [-0.1, -0.05) is 0 Å². The van der Waals surface area contributed by atoms with E-state index in [0.717, 1.165) is 0 Å². The zero-order valence-corrected chi connectivity index (χ0v) is 19.2.